The monoisotopic (exact) mass is 283 g/mol. The van der Waals surface area contributed by atoms with E-state index in [1.807, 2.05) is 19.1 Å². The van der Waals surface area contributed by atoms with E-state index in [1.54, 1.807) is 11.0 Å². The number of carbonyl (C=O) groups is 1. The fourth-order valence-electron chi connectivity index (χ4n) is 2.57. The molecule has 1 heterocycles. The number of aliphatic hydroxyl groups excluding tert-OH is 1. The molecule has 0 saturated heterocycles. The molecule has 20 heavy (non-hydrogen) atoms. The largest absolute Gasteiger partial charge is 0.390 e. The van der Waals surface area contributed by atoms with Gasteiger partial charge in [-0.2, -0.15) is 0 Å². The molecule has 0 aliphatic carbocycles. The highest BCUT2D eigenvalue weighted by Crippen LogP contribution is 2.27. The summed E-state index contributed by atoms with van der Waals surface area (Å²) in [4.78, 5) is 13.0. The number of hydrogen-bond acceptors (Lipinski definition) is 3. The molecule has 3 nitrogen and oxygen atoms in total. The van der Waals surface area contributed by atoms with Gasteiger partial charge in [0.25, 0.3) is 5.92 Å². The number of rotatable bonds is 4. The lowest BCUT2D eigenvalue weighted by Gasteiger charge is -2.36. The van der Waals surface area contributed by atoms with Gasteiger partial charge in [0.1, 0.15) is 6.61 Å². The lowest BCUT2D eigenvalue weighted by molar-refractivity contribution is -0.0818. The van der Waals surface area contributed by atoms with Crippen molar-refractivity contribution >= 4 is 5.78 Å². The minimum atomic E-state index is -3.08. The molecule has 0 fully saturated rings. The third-order valence-corrected chi connectivity index (χ3v) is 3.79. The van der Waals surface area contributed by atoms with E-state index in [0.29, 0.717) is 18.5 Å². The molecule has 1 N–H and O–H groups in total. The molecular formula is C15H19F2NO2. The van der Waals surface area contributed by atoms with Crippen LogP contribution in [0.1, 0.15) is 35.3 Å². The molecule has 1 atom stereocenters. The number of hydrogen-bond donors (Lipinski definition) is 1. The zero-order chi connectivity index (χ0) is 14.9. The number of halogens is 2. The van der Waals surface area contributed by atoms with Gasteiger partial charge >= 0.3 is 0 Å². The SMILES string of the molecule is CC(=O)c1ccc2c(c1)CC(C)N(CC(F)(F)CO)C2. The molecule has 2 rings (SSSR count). The highest BCUT2D eigenvalue weighted by atomic mass is 19.3. The minimum Gasteiger partial charge on any atom is -0.390 e. The quantitative estimate of drug-likeness (QED) is 0.862. The number of aliphatic hydroxyl groups is 1. The topological polar surface area (TPSA) is 40.5 Å². The minimum absolute atomic E-state index is 0.00898. The summed E-state index contributed by atoms with van der Waals surface area (Å²) in [5.74, 6) is -3.07. The van der Waals surface area contributed by atoms with Crippen LogP contribution in [0.15, 0.2) is 18.2 Å². The predicted octanol–water partition coefficient (Wildman–Crippen LogP) is 2.26. The Bertz CT molecular complexity index is 517. The van der Waals surface area contributed by atoms with Crippen LogP contribution in [0.5, 0.6) is 0 Å². The van der Waals surface area contributed by atoms with Crippen LogP contribution in [0, 0.1) is 0 Å². The van der Waals surface area contributed by atoms with Gasteiger partial charge in [-0.15, -0.1) is 0 Å². The zero-order valence-electron chi connectivity index (χ0n) is 11.7. The van der Waals surface area contributed by atoms with E-state index in [4.69, 9.17) is 5.11 Å². The molecule has 0 saturated carbocycles. The van der Waals surface area contributed by atoms with E-state index >= 15 is 0 Å². The maximum absolute atomic E-state index is 13.3. The van der Waals surface area contributed by atoms with Crippen molar-refractivity contribution in [3.05, 3.63) is 34.9 Å². The second kappa shape index (κ2) is 5.58. The van der Waals surface area contributed by atoms with Crippen molar-refractivity contribution in [1.82, 2.24) is 4.90 Å². The van der Waals surface area contributed by atoms with Crippen molar-refractivity contribution in [3.63, 3.8) is 0 Å². The van der Waals surface area contributed by atoms with E-state index < -0.39 is 19.1 Å². The first-order valence-corrected chi connectivity index (χ1v) is 6.68. The number of nitrogens with zero attached hydrogens (tertiary/aromatic N) is 1. The first kappa shape index (κ1) is 15.1. The van der Waals surface area contributed by atoms with Gasteiger partial charge < -0.3 is 5.11 Å². The number of fused-ring (bicyclic) bond motifs is 1. The van der Waals surface area contributed by atoms with Gasteiger partial charge in [-0.1, -0.05) is 12.1 Å². The molecule has 1 aromatic rings. The van der Waals surface area contributed by atoms with E-state index in [1.165, 1.54) is 6.92 Å². The molecule has 0 amide bonds. The Hall–Kier alpha value is -1.33. The standard InChI is InChI=1S/C15H19F2NO2/c1-10-5-14-6-12(11(2)20)3-4-13(14)7-18(10)8-15(16,17)9-19/h3-4,6,10,19H,5,7-9H2,1-2H3. The summed E-state index contributed by atoms with van der Waals surface area (Å²) in [5, 5.41) is 8.69. The van der Waals surface area contributed by atoms with Crippen LogP contribution in [-0.4, -0.2) is 40.9 Å². The van der Waals surface area contributed by atoms with E-state index in [9.17, 15) is 13.6 Å². The van der Waals surface area contributed by atoms with Crippen molar-refractivity contribution in [1.29, 1.82) is 0 Å². The highest BCUT2D eigenvalue weighted by Gasteiger charge is 2.34. The molecule has 1 aliphatic heterocycles. The molecule has 0 aromatic heterocycles. The van der Waals surface area contributed by atoms with Crippen molar-refractivity contribution in [2.75, 3.05) is 13.2 Å². The zero-order valence-corrected chi connectivity index (χ0v) is 11.7. The first-order valence-electron chi connectivity index (χ1n) is 6.68. The molecule has 5 heteroatoms. The van der Waals surface area contributed by atoms with Crippen LogP contribution >= 0.6 is 0 Å². The first-order chi connectivity index (χ1) is 9.32. The third kappa shape index (κ3) is 3.22. The van der Waals surface area contributed by atoms with Gasteiger partial charge in [-0.3, -0.25) is 9.69 Å². The van der Waals surface area contributed by atoms with Crippen molar-refractivity contribution in [2.24, 2.45) is 0 Å². The maximum atomic E-state index is 13.3. The van der Waals surface area contributed by atoms with Gasteiger partial charge in [0.05, 0.1) is 6.54 Å². The summed E-state index contributed by atoms with van der Waals surface area (Å²) in [6.45, 7) is 2.24. The van der Waals surface area contributed by atoms with Crippen molar-refractivity contribution < 1.29 is 18.7 Å². The maximum Gasteiger partial charge on any atom is 0.283 e. The summed E-state index contributed by atoms with van der Waals surface area (Å²) in [6, 6.07) is 5.39. The average Bonchev–Trinajstić information content (AvgIpc) is 2.38. The Kier molecular flexibility index (Phi) is 4.20. The summed E-state index contributed by atoms with van der Waals surface area (Å²) in [7, 11) is 0. The lowest BCUT2D eigenvalue weighted by Crippen LogP contribution is -2.46. The summed E-state index contributed by atoms with van der Waals surface area (Å²) < 4.78 is 26.6. The Labute approximate surface area is 117 Å². The Morgan fingerprint density at radius 3 is 2.75 bits per heavy atom. The smallest absolute Gasteiger partial charge is 0.283 e. The number of alkyl halides is 2. The average molecular weight is 283 g/mol. The van der Waals surface area contributed by atoms with Gasteiger partial charge in [-0.05, 0) is 37.5 Å². The normalized spacial score (nSPS) is 19.8. The number of benzene rings is 1. The molecule has 1 aromatic carbocycles. The number of carbonyl (C=O) groups excluding carboxylic acids is 1. The highest BCUT2D eigenvalue weighted by molar-refractivity contribution is 5.94. The van der Waals surface area contributed by atoms with Crippen LogP contribution in [-0.2, 0) is 13.0 Å². The molecule has 0 spiro atoms. The van der Waals surface area contributed by atoms with Crippen LogP contribution in [0.25, 0.3) is 0 Å². The van der Waals surface area contributed by atoms with E-state index in [2.05, 4.69) is 0 Å². The fourth-order valence-corrected chi connectivity index (χ4v) is 2.57. The Balaban J connectivity index is 2.19. The molecular weight excluding hydrogens is 264 g/mol. The van der Waals surface area contributed by atoms with E-state index in [0.717, 1.165) is 11.1 Å². The number of ketones is 1. The van der Waals surface area contributed by atoms with Crippen LogP contribution in [0.4, 0.5) is 8.78 Å². The third-order valence-electron chi connectivity index (χ3n) is 3.79. The predicted molar refractivity (Wildman–Crippen MR) is 72.1 cm³/mol. The van der Waals surface area contributed by atoms with Crippen LogP contribution in [0.2, 0.25) is 0 Å². The Morgan fingerprint density at radius 1 is 1.45 bits per heavy atom. The molecule has 1 aliphatic rings. The Morgan fingerprint density at radius 2 is 2.15 bits per heavy atom. The number of Topliss-reactive ketones (excluding diaryl/α,β-unsaturated/α-hetero) is 1. The summed E-state index contributed by atoms with van der Waals surface area (Å²) in [5.41, 5.74) is 2.68. The van der Waals surface area contributed by atoms with Gasteiger partial charge in [0.15, 0.2) is 5.78 Å². The second-order valence-electron chi connectivity index (χ2n) is 5.51. The van der Waals surface area contributed by atoms with Crippen LogP contribution < -0.4 is 0 Å². The van der Waals surface area contributed by atoms with Crippen molar-refractivity contribution in [3.8, 4) is 0 Å². The molecule has 0 radical (unpaired) electrons. The lowest BCUT2D eigenvalue weighted by atomic mass is 9.92. The summed E-state index contributed by atoms with van der Waals surface area (Å²) in [6.07, 6.45) is 0.637. The summed E-state index contributed by atoms with van der Waals surface area (Å²) >= 11 is 0. The van der Waals surface area contributed by atoms with Gasteiger partial charge in [0, 0.05) is 18.2 Å². The van der Waals surface area contributed by atoms with Gasteiger partial charge in [-0.25, -0.2) is 8.78 Å². The molecule has 0 bridgehead atoms. The second-order valence-corrected chi connectivity index (χ2v) is 5.51. The molecule has 1 unspecified atom stereocenters. The molecule has 110 valence electrons. The fraction of sp³-hybridized carbons (Fsp3) is 0.533. The van der Waals surface area contributed by atoms with E-state index in [-0.39, 0.29) is 11.8 Å². The van der Waals surface area contributed by atoms with Crippen LogP contribution in [0.3, 0.4) is 0 Å². The van der Waals surface area contributed by atoms with Gasteiger partial charge in [0.2, 0.25) is 0 Å². The van der Waals surface area contributed by atoms with Crippen molar-refractivity contribution in [2.45, 2.75) is 38.8 Å².